The summed E-state index contributed by atoms with van der Waals surface area (Å²) in [5, 5.41) is 10.7. The van der Waals surface area contributed by atoms with Gasteiger partial charge in [0.1, 0.15) is 5.01 Å². The summed E-state index contributed by atoms with van der Waals surface area (Å²) in [6.07, 6.45) is 5.61. The van der Waals surface area contributed by atoms with Crippen molar-refractivity contribution in [3.05, 3.63) is 29.0 Å². The van der Waals surface area contributed by atoms with Gasteiger partial charge in [-0.05, 0) is 6.92 Å². The minimum atomic E-state index is 0.204. The molecule has 1 atom stereocenters. The summed E-state index contributed by atoms with van der Waals surface area (Å²) in [7, 11) is 1.69. The normalized spacial score (nSPS) is 12.6. The number of ether oxygens (including phenoxy) is 1. The molecule has 92 valence electrons. The van der Waals surface area contributed by atoms with Gasteiger partial charge in [-0.25, -0.2) is 4.98 Å². The van der Waals surface area contributed by atoms with Crippen LogP contribution in [0.5, 0.6) is 0 Å². The molecule has 0 saturated heterocycles. The number of hydrogen-bond acceptors (Lipinski definition) is 5. The summed E-state index contributed by atoms with van der Waals surface area (Å²) >= 11 is 1.65. The second-order valence-electron chi connectivity index (χ2n) is 3.72. The van der Waals surface area contributed by atoms with Gasteiger partial charge in [-0.2, -0.15) is 5.10 Å². The number of methoxy groups -OCH3 is 1. The maximum absolute atomic E-state index is 5.01. The SMILES string of the molecule is COCCn1cc(NC(C)c2nccs2)cn1. The molecule has 0 aliphatic rings. The second kappa shape index (κ2) is 5.79. The third-order valence-corrected chi connectivity index (χ3v) is 3.32. The molecule has 6 heteroatoms. The summed E-state index contributed by atoms with van der Waals surface area (Å²) in [6.45, 7) is 3.53. The van der Waals surface area contributed by atoms with Crippen molar-refractivity contribution >= 4 is 17.0 Å². The van der Waals surface area contributed by atoms with E-state index >= 15 is 0 Å². The number of aromatic nitrogens is 3. The molecular weight excluding hydrogens is 236 g/mol. The molecule has 17 heavy (non-hydrogen) atoms. The Labute approximate surface area is 104 Å². The van der Waals surface area contributed by atoms with E-state index in [2.05, 4.69) is 22.3 Å². The van der Waals surface area contributed by atoms with E-state index in [0.717, 1.165) is 17.2 Å². The summed E-state index contributed by atoms with van der Waals surface area (Å²) in [5.41, 5.74) is 1.00. The van der Waals surface area contributed by atoms with E-state index in [1.165, 1.54) is 0 Å². The fraction of sp³-hybridized carbons (Fsp3) is 0.455. The van der Waals surface area contributed by atoms with E-state index in [1.54, 1.807) is 18.4 Å². The Bertz CT molecular complexity index is 440. The summed E-state index contributed by atoms with van der Waals surface area (Å²) in [5.74, 6) is 0. The van der Waals surface area contributed by atoms with Crippen LogP contribution in [0.3, 0.4) is 0 Å². The Kier molecular flexibility index (Phi) is 4.11. The lowest BCUT2D eigenvalue weighted by molar-refractivity contribution is 0.183. The maximum atomic E-state index is 5.01. The topological polar surface area (TPSA) is 52.0 Å². The van der Waals surface area contributed by atoms with Crippen LogP contribution < -0.4 is 5.32 Å². The average Bonchev–Trinajstić information content (AvgIpc) is 2.97. The zero-order chi connectivity index (χ0) is 12.1. The first-order valence-electron chi connectivity index (χ1n) is 5.47. The van der Waals surface area contributed by atoms with Gasteiger partial charge in [0.15, 0.2) is 0 Å². The van der Waals surface area contributed by atoms with Crippen molar-refractivity contribution in [2.75, 3.05) is 19.0 Å². The highest BCUT2D eigenvalue weighted by atomic mass is 32.1. The summed E-state index contributed by atoms with van der Waals surface area (Å²) in [4.78, 5) is 4.28. The van der Waals surface area contributed by atoms with Gasteiger partial charge in [0.25, 0.3) is 0 Å². The molecule has 0 spiro atoms. The first-order chi connectivity index (χ1) is 8.29. The van der Waals surface area contributed by atoms with E-state index in [9.17, 15) is 0 Å². The molecule has 1 N–H and O–H groups in total. The Morgan fingerprint density at radius 1 is 1.59 bits per heavy atom. The summed E-state index contributed by atoms with van der Waals surface area (Å²) < 4.78 is 6.87. The number of nitrogens with zero attached hydrogens (tertiary/aromatic N) is 3. The van der Waals surface area contributed by atoms with Crippen molar-refractivity contribution in [2.24, 2.45) is 0 Å². The van der Waals surface area contributed by atoms with Crippen LogP contribution in [0, 0.1) is 0 Å². The Morgan fingerprint density at radius 2 is 2.47 bits per heavy atom. The van der Waals surface area contributed by atoms with Gasteiger partial charge in [0.05, 0.1) is 31.1 Å². The minimum absolute atomic E-state index is 0.204. The standard InChI is InChI=1S/C11H16N4OS/c1-9(11-12-3-6-17-11)14-10-7-13-15(8-10)4-5-16-2/h3,6-9,14H,4-5H2,1-2H3. The van der Waals surface area contributed by atoms with Gasteiger partial charge in [0.2, 0.25) is 0 Å². The molecule has 1 unspecified atom stereocenters. The number of rotatable bonds is 6. The first kappa shape index (κ1) is 12.1. The van der Waals surface area contributed by atoms with Gasteiger partial charge >= 0.3 is 0 Å². The molecule has 0 bridgehead atoms. The van der Waals surface area contributed by atoms with Crippen molar-refractivity contribution in [1.29, 1.82) is 0 Å². The van der Waals surface area contributed by atoms with E-state index < -0.39 is 0 Å². The third-order valence-electron chi connectivity index (χ3n) is 2.36. The second-order valence-corrected chi connectivity index (χ2v) is 4.65. The van der Waals surface area contributed by atoms with Crippen LogP contribution in [0.1, 0.15) is 18.0 Å². The molecular formula is C11H16N4OS. The maximum Gasteiger partial charge on any atom is 0.115 e. The molecule has 0 amide bonds. The Balaban J connectivity index is 1.92. The zero-order valence-corrected chi connectivity index (χ0v) is 10.8. The summed E-state index contributed by atoms with van der Waals surface area (Å²) in [6, 6.07) is 0.204. The van der Waals surface area contributed by atoms with Crippen molar-refractivity contribution in [3.63, 3.8) is 0 Å². The van der Waals surface area contributed by atoms with Crippen LogP contribution in [0.2, 0.25) is 0 Å². The molecule has 5 nitrogen and oxygen atoms in total. The number of hydrogen-bond donors (Lipinski definition) is 1. The first-order valence-corrected chi connectivity index (χ1v) is 6.35. The molecule has 0 aromatic carbocycles. The molecule has 0 radical (unpaired) electrons. The van der Waals surface area contributed by atoms with Gasteiger partial charge in [-0.15, -0.1) is 11.3 Å². The molecule has 2 aromatic rings. The number of thiazole rings is 1. The van der Waals surface area contributed by atoms with Crippen LogP contribution in [-0.4, -0.2) is 28.5 Å². The van der Waals surface area contributed by atoms with E-state index in [0.29, 0.717) is 6.61 Å². The Morgan fingerprint density at radius 3 is 3.18 bits per heavy atom. The van der Waals surface area contributed by atoms with Crippen LogP contribution in [0.15, 0.2) is 24.0 Å². The highest BCUT2D eigenvalue weighted by Gasteiger charge is 2.08. The predicted molar refractivity (Wildman–Crippen MR) is 68.3 cm³/mol. The molecule has 2 rings (SSSR count). The van der Waals surface area contributed by atoms with Gasteiger partial charge in [-0.3, -0.25) is 4.68 Å². The molecule has 2 aromatic heterocycles. The van der Waals surface area contributed by atoms with Crippen molar-refractivity contribution in [3.8, 4) is 0 Å². The average molecular weight is 252 g/mol. The monoisotopic (exact) mass is 252 g/mol. The minimum Gasteiger partial charge on any atom is -0.383 e. The molecule has 0 fully saturated rings. The smallest absolute Gasteiger partial charge is 0.115 e. The van der Waals surface area contributed by atoms with E-state index in [-0.39, 0.29) is 6.04 Å². The largest absolute Gasteiger partial charge is 0.383 e. The van der Waals surface area contributed by atoms with Crippen molar-refractivity contribution in [1.82, 2.24) is 14.8 Å². The van der Waals surface area contributed by atoms with E-state index in [1.807, 2.05) is 28.7 Å². The number of anilines is 1. The fourth-order valence-electron chi connectivity index (χ4n) is 1.51. The van der Waals surface area contributed by atoms with E-state index in [4.69, 9.17) is 4.74 Å². The highest BCUT2D eigenvalue weighted by molar-refractivity contribution is 7.09. The van der Waals surface area contributed by atoms with Crippen molar-refractivity contribution < 1.29 is 4.74 Å². The lowest BCUT2D eigenvalue weighted by atomic mass is 10.3. The van der Waals surface area contributed by atoms with Gasteiger partial charge < -0.3 is 10.1 Å². The van der Waals surface area contributed by atoms with Gasteiger partial charge in [0, 0.05) is 24.9 Å². The van der Waals surface area contributed by atoms with Gasteiger partial charge in [-0.1, -0.05) is 0 Å². The lowest BCUT2D eigenvalue weighted by Gasteiger charge is -2.09. The van der Waals surface area contributed by atoms with Crippen LogP contribution in [-0.2, 0) is 11.3 Å². The molecule has 2 heterocycles. The number of nitrogens with one attached hydrogen (secondary N) is 1. The lowest BCUT2D eigenvalue weighted by Crippen LogP contribution is -2.06. The van der Waals surface area contributed by atoms with Crippen LogP contribution >= 0.6 is 11.3 Å². The van der Waals surface area contributed by atoms with Crippen molar-refractivity contribution in [2.45, 2.75) is 19.5 Å². The van der Waals surface area contributed by atoms with Crippen LogP contribution in [0.4, 0.5) is 5.69 Å². The predicted octanol–water partition coefficient (Wildman–Crippen LogP) is 2.16. The molecule has 0 saturated carbocycles. The fourth-order valence-corrected chi connectivity index (χ4v) is 2.15. The molecule has 0 aliphatic heterocycles. The Hall–Kier alpha value is -1.40. The highest BCUT2D eigenvalue weighted by Crippen LogP contribution is 2.20. The van der Waals surface area contributed by atoms with Crippen LogP contribution in [0.25, 0.3) is 0 Å². The molecule has 0 aliphatic carbocycles. The third kappa shape index (κ3) is 3.28. The quantitative estimate of drug-likeness (QED) is 0.856. The zero-order valence-electron chi connectivity index (χ0n) is 9.96.